The molecule has 7 nitrogen and oxygen atoms in total. The van der Waals surface area contributed by atoms with Crippen LogP contribution in [0, 0.1) is 11.7 Å². The van der Waals surface area contributed by atoms with E-state index in [1.54, 1.807) is 7.05 Å². The van der Waals surface area contributed by atoms with E-state index in [0.29, 0.717) is 29.1 Å². The van der Waals surface area contributed by atoms with Crippen LogP contribution in [0.5, 0.6) is 0 Å². The lowest BCUT2D eigenvalue weighted by atomic mass is 9.94. The molecule has 8 heteroatoms. The van der Waals surface area contributed by atoms with Gasteiger partial charge in [0, 0.05) is 24.7 Å². The Labute approximate surface area is 145 Å². The zero-order chi connectivity index (χ0) is 18.6. The van der Waals surface area contributed by atoms with Gasteiger partial charge in [-0.05, 0) is 18.1 Å². The molecule has 0 saturated heterocycles. The van der Waals surface area contributed by atoms with Crippen LogP contribution in [0.15, 0.2) is 26.9 Å². The van der Waals surface area contributed by atoms with Crippen LogP contribution >= 0.6 is 0 Å². The van der Waals surface area contributed by atoms with Gasteiger partial charge in [0.2, 0.25) is 0 Å². The number of aromatic amines is 1. The van der Waals surface area contributed by atoms with Crippen molar-refractivity contribution in [3.8, 4) is 0 Å². The van der Waals surface area contributed by atoms with Gasteiger partial charge in [0.05, 0.1) is 23.3 Å². The summed E-state index contributed by atoms with van der Waals surface area (Å²) < 4.78 is 13.6. The fourth-order valence-corrected chi connectivity index (χ4v) is 2.58. The molecule has 0 aliphatic carbocycles. The maximum Gasteiger partial charge on any atom is 0.272 e. The van der Waals surface area contributed by atoms with Gasteiger partial charge in [0.25, 0.3) is 5.56 Å². The van der Waals surface area contributed by atoms with Gasteiger partial charge in [-0.15, -0.1) is 0 Å². The average Bonchev–Trinajstić information content (AvgIpc) is 2.55. The van der Waals surface area contributed by atoms with Crippen LogP contribution in [-0.4, -0.2) is 36.0 Å². The third kappa shape index (κ3) is 4.01. The first-order valence-electron chi connectivity index (χ1n) is 8.05. The molecule has 1 aliphatic heterocycles. The molecule has 1 unspecified atom stereocenters. The summed E-state index contributed by atoms with van der Waals surface area (Å²) in [4.78, 5) is 20.0. The van der Waals surface area contributed by atoms with Crippen molar-refractivity contribution < 1.29 is 4.39 Å². The Morgan fingerprint density at radius 3 is 2.72 bits per heavy atom. The summed E-state index contributed by atoms with van der Waals surface area (Å²) in [5.41, 5.74) is 6.04. The monoisotopic (exact) mass is 346 g/mol. The number of hydrogen-bond acceptors (Lipinski definition) is 4. The van der Waals surface area contributed by atoms with E-state index in [9.17, 15) is 9.18 Å². The Hall–Kier alpha value is -2.77. The molecule has 2 heterocycles. The lowest BCUT2D eigenvalue weighted by Gasteiger charge is -2.25. The van der Waals surface area contributed by atoms with Crippen LogP contribution in [-0.2, 0) is 0 Å². The Balaban J connectivity index is 0.000000511. The van der Waals surface area contributed by atoms with Crippen molar-refractivity contribution in [3.63, 3.8) is 0 Å². The van der Waals surface area contributed by atoms with Crippen LogP contribution in [0.3, 0.4) is 0 Å². The van der Waals surface area contributed by atoms with Crippen molar-refractivity contribution in [1.29, 1.82) is 0 Å². The number of amidine groups is 1. The summed E-state index contributed by atoms with van der Waals surface area (Å²) in [5, 5.41) is 10.4. The fraction of sp³-hybridized carbons (Fsp3) is 0.412. The predicted molar refractivity (Wildman–Crippen MR) is 100 cm³/mol. The molecule has 0 radical (unpaired) electrons. The maximum atomic E-state index is 13.6. The number of H-pyrrole nitrogens is 1. The smallest absolute Gasteiger partial charge is 0.272 e. The topological polar surface area (TPSA) is 109 Å². The molecule has 2 aromatic rings. The normalized spacial score (nSPS) is 16.7. The number of nitrogens with zero attached hydrogens (tertiary/aromatic N) is 3. The van der Waals surface area contributed by atoms with Gasteiger partial charge in [-0.2, -0.15) is 5.10 Å². The third-order valence-electron chi connectivity index (χ3n) is 3.46. The van der Waals surface area contributed by atoms with Crippen molar-refractivity contribution in [3.05, 3.63) is 34.0 Å². The summed E-state index contributed by atoms with van der Waals surface area (Å²) in [6, 6.07) is 2.54. The van der Waals surface area contributed by atoms with Gasteiger partial charge < -0.3 is 11.1 Å². The fourth-order valence-electron chi connectivity index (χ4n) is 2.58. The molecule has 1 aromatic carbocycles. The number of anilines is 1. The van der Waals surface area contributed by atoms with Crippen molar-refractivity contribution in [2.75, 3.05) is 18.9 Å². The molecule has 134 valence electrons. The van der Waals surface area contributed by atoms with Crippen molar-refractivity contribution in [2.45, 2.75) is 26.7 Å². The Bertz CT molecular complexity index is 869. The van der Waals surface area contributed by atoms with Crippen molar-refractivity contribution in [1.82, 2.24) is 10.2 Å². The summed E-state index contributed by atoms with van der Waals surface area (Å²) >= 11 is 0. The Kier molecular flexibility index (Phi) is 5.84. The van der Waals surface area contributed by atoms with Crippen molar-refractivity contribution >= 4 is 28.6 Å². The van der Waals surface area contributed by atoms with Gasteiger partial charge in [-0.25, -0.2) is 14.5 Å². The quantitative estimate of drug-likeness (QED) is 0.543. The van der Waals surface area contributed by atoms with E-state index in [2.05, 4.69) is 46.3 Å². The lowest BCUT2D eigenvalue weighted by molar-refractivity contribution is 0.629. The molecule has 1 aliphatic rings. The highest BCUT2D eigenvalue weighted by Crippen LogP contribution is 2.34. The summed E-state index contributed by atoms with van der Waals surface area (Å²) in [6.45, 7) is 6.94. The predicted octanol–water partition coefficient (Wildman–Crippen LogP) is 2.25. The molecule has 0 bridgehead atoms. The average molecular weight is 346 g/mol. The molecule has 0 fully saturated rings. The number of aromatic nitrogens is 2. The van der Waals surface area contributed by atoms with Crippen LogP contribution < -0.4 is 16.6 Å². The molecule has 25 heavy (non-hydrogen) atoms. The zero-order valence-corrected chi connectivity index (χ0v) is 14.8. The largest absolute Gasteiger partial charge is 0.390 e. The highest BCUT2D eigenvalue weighted by atomic mass is 19.1. The Morgan fingerprint density at radius 1 is 1.44 bits per heavy atom. The molecular weight excluding hydrogens is 323 g/mol. The molecule has 4 N–H and O–H groups in total. The Morgan fingerprint density at radius 2 is 2.12 bits per heavy atom. The van der Waals surface area contributed by atoms with Gasteiger partial charge in [0.1, 0.15) is 11.7 Å². The highest BCUT2D eigenvalue weighted by Gasteiger charge is 2.28. The molecule has 0 saturated carbocycles. The minimum Gasteiger partial charge on any atom is -0.390 e. The van der Waals surface area contributed by atoms with E-state index in [4.69, 9.17) is 5.73 Å². The number of halogens is 1. The van der Waals surface area contributed by atoms with E-state index in [1.807, 2.05) is 0 Å². The maximum absolute atomic E-state index is 13.6. The SMILES string of the molecule is CC(C)C.CN=C(N=CN)C1CNc2cc(F)cc3c(=O)[nH]nc1c23. The first kappa shape index (κ1) is 18.6. The second-order valence-electron chi connectivity index (χ2n) is 6.34. The number of rotatable bonds is 1. The molecule has 3 rings (SSSR count). The van der Waals surface area contributed by atoms with Gasteiger partial charge in [0.15, 0.2) is 0 Å². The first-order valence-corrected chi connectivity index (χ1v) is 8.05. The standard InChI is InChI=1S/C13H13FN6O.C4H10/c1-16-12(18-5-15)8-4-17-9-3-6(14)2-7-10(9)11(8)19-20-13(7)21;1-4(2)3/h2-3,5,8,17H,4H2,1H3,(H,20,21)(H2,15,16,18);4H,1-3H3. The van der Waals surface area contributed by atoms with E-state index >= 15 is 0 Å². The first-order chi connectivity index (χ1) is 11.9. The number of nitrogens with two attached hydrogens (primary N) is 1. The second kappa shape index (κ2) is 7.87. The van der Waals surface area contributed by atoms with Crippen LogP contribution in [0.4, 0.5) is 10.1 Å². The number of benzene rings is 1. The van der Waals surface area contributed by atoms with Gasteiger partial charge in [-0.3, -0.25) is 9.79 Å². The molecule has 1 atom stereocenters. The van der Waals surface area contributed by atoms with Gasteiger partial charge in [-0.1, -0.05) is 20.8 Å². The third-order valence-corrected chi connectivity index (χ3v) is 3.46. The second-order valence-corrected chi connectivity index (χ2v) is 6.34. The summed E-state index contributed by atoms with van der Waals surface area (Å²) in [6.07, 6.45) is 1.16. The summed E-state index contributed by atoms with van der Waals surface area (Å²) in [5.74, 6) is 0.573. The number of nitrogens with one attached hydrogen (secondary N) is 2. The molecule has 0 amide bonds. The number of aliphatic imine (C=N–C) groups is 2. The minimum absolute atomic E-state index is 0.249. The molecular formula is C17H23FN6O. The molecule has 0 spiro atoms. The van der Waals surface area contributed by atoms with E-state index < -0.39 is 11.4 Å². The summed E-state index contributed by atoms with van der Waals surface area (Å²) in [7, 11) is 1.60. The van der Waals surface area contributed by atoms with Crippen LogP contribution in [0.25, 0.3) is 10.8 Å². The lowest BCUT2D eigenvalue weighted by Crippen LogP contribution is -2.28. The van der Waals surface area contributed by atoms with Crippen LogP contribution in [0.2, 0.25) is 0 Å². The van der Waals surface area contributed by atoms with Gasteiger partial charge >= 0.3 is 0 Å². The van der Waals surface area contributed by atoms with E-state index in [-0.39, 0.29) is 11.3 Å². The minimum atomic E-state index is -0.476. The van der Waals surface area contributed by atoms with E-state index in [1.165, 1.54) is 12.1 Å². The number of hydrogen-bond donors (Lipinski definition) is 3. The highest BCUT2D eigenvalue weighted by molar-refractivity contribution is 6.03. The van der Waals surface area contributed by atoms with Crippen molar-refractivity contribution in [2.24, 2.45) is 21.6 Å². The van der Waals surface area contributed by atoms with E-state index in [0.717, 1.165) is 12.3 Å². The molecule has 1 aromatic heterocycles. The zero-order valence-electron chi connectivity index (χ0n) is 14.8. The van der Waals surface area contributed by atoms with Crippen LogP contribution in [0.1, 0.15) is 32.4 Å².